The first-order chi connectivity index (χ1) is 9.15. The van der Waals surface area contributed by atoms with Crippen molar-refractivity contribution in [2.24, 2.45) is 0 Å². The van der Waals surface area contributed by atoms with Crippen LogP contribution in [0.15, 0.2) is 41.1 Å². The topological polar surface area (TPSA) is 34.2 Å². The first-order valence-electron chi connectivity index (χ1n) is 5.77. The summed E-state index contributed by atoms with van der Waals surface area (Å²) in [5.74, 6) is 0.669. The Morgan fingerprint density at radius 3 is 2.68 bits per heavy atom. The highest BCUT2D eigenvalue weighted by Crippen LogP contribution is 2.30. The third-order valence-electron chi connectivity index (χ3n) is 2.86. The fourth-order valence-electron chi connectivity index (χ4n) is 1.97. The molecule has 0 aliphatic heterocycles. The van der Waals surface area contributed by atoms with Gasteiger partial charge in [0.1, 0.15) is 5.75 Å². The van der Waals surface area contributed by atoms with Gasteiger partial charge in [0.15, 0.2) is 0 Å². The summed E-state index contributed by atoms with van der Waals surface area (Å²) in [6.07, 6.45) is 3.60. The molecule has 0 aliphatic rings. The predicted octanol–water partition coefficient (Wildman–Crippen LogP) is 3.81. The van der Waals surface area contributed by atoms with Crippen molar-refractivity contribution in [1.82, 2.24) is 10.3 Å². The molecule has 3 nitrogen and oxygen atoms in total. The molecule has 0 fully saturated rings. The standard InChI is InChI=1S/C14H14BrClN2O/c1-17-14(10-5-11(15)8-18-7-10)9-3-4-12(16)13(6-9)19-2/h3-8,14,17H,1-2H3. The van der Waals surface area contributed by atoms with Crippen molar-refractivity contribution >= 4 is 27.5 Å². The van der Waals surface area contributed by atoms with Crippen molar-refractivity contribution in [3.05, 3.63) is 57.3 Å². The molecular formula is C14H14BrClN2O. The van der Waals surface area contributed by atoms with E-state index in [2.05, 4.69) is 26.2 Å². The zero-order valence-electron chi connectivity index (χ0n) is 10.7. The van der Waals surface area contributed by atoms with Gasteiger partial charge < -0.3 is 10.1 Å². The lowest BCUT2D eigenvalue weighted by molar-refractivity contribution is 0.414. The van der Waals surface area contributed by atoms with Crippen LogP contribution in [0.5, 0.6) is 5.75 Å². The molecule has 19 heavy (non-hydrogen) atoms. The van der Waals surface area contributed by atoms with Gasteiger partial charge in [-0.3, -0.25) is 4.98 Å². The molecule has 0 bridgehead atoms. The fourth-order valence-corrected chi connectivity index (χ4v) is 2.55. The van der Waals surface area contributed by atoms with Crippen molar-refractivity contribution in [3.8, 4) is 5.75 Å². The number of rotatable bonds is 4. The number of nitrogens with zero attached hydrogens (tertiary/aromatic N) is 1. The van der Waals surface area contributed by atoms with Gasteiger partial charge in [0, 0.05) is 16.9 Å². The number of ether oxygens (including phenoxy) is 1. The zero-order chi connectivity index (χ0) is 13.8. The molecule has 2 rings (SSSR count). The summed E-state index contributed by atoms with van der Waals surface area (Å²) < 4.78 is 6.21. The van der Waals surface area contributed by atoms with Gasteiger partial charge in [0.2, 0.25) is 0 Å². The van der Waals surface area contributed by atoms with E-state index >= 15 is 0 Å². The molecule has 2 aromatic rings. The Bertz CT molecular complexity index is 577. The van der Waals surface area contributed by atoms with Crippen LogP contribution in [-0.4, -0.2) is 19.1 Å². The van der Waals surface area contributed by atoms with Crippen LogP contribution in [0.2, 0.25) is 5.02 Å². The molecule has 1 unspecified atom stereocenters. The number of hydrogen-bond acceptors (Lipinski definition) is 3. The molecule has 0 radical (unpaired) electrons. The highest BCUT2D eigenvalue weighted by molar-refractivity contribution is 9.10. The Labute approximate surface area is 126 Å². The fraction of sp³-hybridized carbons (Fsp3) is 0.214. The predicted molar refractivity (Wildman–Crippen MR) is 80.8 cm³/mol. The van der Waals surface area contributed by atoms with Crippen molar-refractivity contribution in [2.75, 3.05) is 14.2 Å². The van der Waals surface area contributed by atoms with Crippen LogP contribution in [0.4, 0.5) is 0 Å². The van der Waals surface area contributed by atoms with Crippen LogP contribution in [0.1, 0.15) is 17.2 Å². The molecule has 0 amide bonds. The second-order valence-corrected chi connectivity index (χ2v) is 5.38. The first-order valence-corrected chi connectivity index (χ1v) is 6.94. The number of aromatic nitrogens is 1. The molecule has 1 aromatic carbocycles. The van der Waals surface area contributed by atoms with Crippen molar-refractivity contribution in [3.63, 3.8) is 0 Å². The Hall–Kier alpha value is -1.10. The normalized spacial score (nSPS) is 12.2. The minimum atomic E-state index is 0.0381. The van der Waals surface area contributed by atoms with Gasteiger partial charge in [-0.15, -0.1) is 0 Å². The Balaban J connectivity index is 2.42. The number of methoxy groups -OCH3 is 1. The molecule has 0 saturated carbocycles. The lowest BCUT2D eigenvalue weighted by Crippen LogP contribution is -2.17. The molecule has 0 spiro atoms. The maximum Gasteiger partial charge on any atom is 0.137 e. The van der Waals surface area contributed by atoms with Gasteiger partial charge in [-0.25, -0.2) is 0 Å². The van der Waals surface area contributed by atoms with E-state index in [9.17, 15) is 0 Å². The summed E-state index contributed by atoms with van der Waals surface area (Å²) in [6, 6.07) is 7.83. The molecule has 1 N–H and O–H groups in total. The highest BCUT2D eigenvalue weighted by atomic mass is 79.9. The van der Waals surface area contributed by atoms with E-state index in [0.29, 0.717) is 10.8 Å². The van der Waals surface area contributed by atoms with E-state index in [1.165, 1.54) is 0 Å². The minimum Gasteiger partial charge on any atom is -0.495 e. The molecule has 1 heterocycles. The number of pyridine rings is 1. The first kappa shape index (κ1) is 14.3. The maximum atomic E-state index is 6.05. The van der Waals surface area contributed by atoms with Gasteiger partial charge in [0.05, 0.1) is 18.2 Å². The van der Waals surface area contributed by atoms with Gasteiger partial charge in [0.25, 0.3) is 0 Å². The molecule has 5 heteroatoms. The number of hydrogen-bond donors (Lipinski definition) is 1. The van der Waals surface area contributed by atoms with Crippen LogP contribution in [0.25, 0.3) is 0 Å². The highest BCUT2D eigenvalue weighted by Gasteiger charge is 2.14. The Morgan fingerprint density at radius 2 is 2.05 bits per heavy atom. The largest absolute Gasteiger partial charge is 0.495 e. The quantitative estimate of drug-likeness (QED) is 0.918. The van der Waals surface area contributed by atoms with E-state index in [-0.39, 0.29) is 6.04 Å². The van der Waals surface area contributed by atoms with Crippen molar-refractivity contribution in [1.29, 1.82) is 0 Å². The molecule has 0 saturated heterocycles. The summed E-state index contributed by atoms with van der Waals surface area (Å²) in [5.41, 5.74) is 2.14. The smallest absolute Gasteiger partial charge is 0.137 e. The Morgan fingerprint density at radius 1 is 1.26 bits per heavy atom. The number of halogens is 2. The zero-order valence-corrected chi connectivity index (χ0v) is 13.0. The van der Waals surface area contributed by atoms with Crippen LogP contribution in [-0.2, 0) is 0 Å². The van der Waals surface area contributed by atoms with Crippen LogP contribution in [0, 0.1) is 0 Å². The maximum absolute atomic E-state index is 6.05. The van der Waals surface area contributed by atoms with Crippen molar-refractivity contribution in [2.45, 2.75) is 6.04 Å². The van der Waals surface area contributed by atoms with E-state index in [4.69, 9.17) is 16.3 Å². The van der Waals surface area contributed by atoms with E-state index < -0.39 is 0 Å². The SMILES string of the molecule is CNC(c1cncc(Br)c1)c1ccc(Cl)c(OC)c1. The van der Waals surface area contributed by atoms with E-state index in [1.807, 2.05) is 37.5 Å². The van der Waals surface area contributed by atoms with Crippen molar-refractivity contribution < 1.29 is 4.74 Å². The minimum absolute atomic E-state index is 0.0381. The summed E-state index contributed by atoms with van der Waals surface area (Å²) in [6.45, 7) is 0. The molecule has 1 atom stereocenters. The molecule has 0 aliphatic carbocycles. The second-order valence-electron chi connectivity index (χ2n) is 4.05. The Kier molecular flexibility index (Phi) is 4.80. The van der Waals surface area contributed by atoms with Gasteiger partial charge in [-0.2, -0.15) is 0 Å². The number of nitrogens with one attached hydrogen (secondary N) is 1. The third kappa shape index (κ3) is 3.26. The van der Waals surface area contributed by atoms with Gasteiger partial charge in [-0.05, 0) is 52.3 Å². The molecule has 1 aromatic heterocycles. The van der Waals surface area contributed by atoms with Gasteiger partial charge in [-0.1, -0.05) is 17.7 Å². The van der Waals surface area contributed by atoms with E-state index in [1.54, 1.807) is 13.3 Å². The summed E-state index contributed by atoms with van der Waals surface area (Å²) in [7, 11) is 3.52. The van der Waals surface area contributed by atoms with Crippen LogP contribution < -0.4 is 10.1 Å². The third-order valence-corrected chi connectivity index (χ3v) is 3.60. The monoisotopic (exact) mass is 340 g/mol. The lowest BCUT2D eigenvalue weighted by atomic mass is 10.0. The number of benzene rings is 1. The van der Waals surface area contributed by atoms with Gasteiger partial charge >= 0.3 is 0 Å². The van der Waals surface area contributed by atoms with E-state index in [0.717, 1.165) is 15.6 Å². The second kappa shape index (κ2) is 6.37. The summed E-state index contributed by atoms with van der Waals surface area (Å²) in [5, 5.41) is 3.88. The summed E-state index contributed by atoms with van der Waals surface area (Å²) in [4.78, 5) is 4.19. The average molecular weight is 342 g/mol. The lowest BCUT2D eigenvalue weighted by Gasteiger charge is -2.18. The van der Waals surface area contributed by atoms with Crippen LogP contribution >= 0.6 is 27.5 Å². The van der Waals surface area contributed by atoms with Crippen LogP contribution in [0.3, 0.4) is 0 Å². The summed E-state index contributed by atoms with van der Waals surface area (Å²) >= 11 is 9.49. The molecular weight excluding hydrogens is 328 g/mol. The average Bonchev–Trinajstić information content (AvgIpc) is 2.41. The molecule has 100 valence electrons.